The number of carbonyl (C=O) groups is 1. The first kappa shape index (κ1) is 11.4. The lowest BCUT2D eigenvalue weighted by atomic mass is 10.0. The van der Waals surface area contributed by atoms with E-state index in [0.717, 1.165) is 15.6 Å². The molecule has 16 heavy (non-hydrogen) atoms. The van der Waals surface area contributed by atoms with Crippen molar-refractivity contribution in [3.63, 3.8) is 0 Å². The van der Waals surface area contributed by atoms with Gasteiger partial charge in [0, 0.05) is 10.5 Å². The van der Waals surface area contributed by atoms with Crippen LogP contribution in [-0.4, -0.2) is 17.2 Å². The van der Waals surface area contributed by atoms with E-state index >= 15 is 0 Å². The number of benzene rings is 1. The summed E-state index contributed by atoms with van der Waals surface area (Å²) < 4.78 is 5.97. The summed E-state index contributed by atoms with van der Waals surface area (Å²) in [7, 11) is 0. The van der Waals surface area contributed by atoms with E-state index in [4.69, 9.17) is 4.74 Å². The maximum absolute atomic E-state index is 11.0. The zero-order valence-corrected chi connectivity index (χ0v) is 10.3. The Kier molecular flexibility index (Phi) is 3.12. The summed E-state index contributed by atoms with van der Waals surface area (Å²) in [4.78, 5) is 11.0. The third-order valence-electron chi connectivity index (χ3n) is 2.54. The van der Waals surface area contributed by atoms with Gasteiger partial charge in [-0.25, -0.2) is 4.79 Å². The number of aliphatic hydroxyl groups excluding tert-OH is 1. The van der Waals surface area contributed by atoms with Crippen LogP contribution in [0.25, 0.3) is 0 Å². The Morgan fingerprint density at radius 2 is 2.00 bits per heavy atom. The predicted octanol–water partition coefficient (Wildman–Crippen LogP) is 2.35. The van der Waals surface area contributed by atoms with Crippen molar-refractivity contribution in [3.05, 3.63) is 46.0 Å². The van der Waals surface area contributed by atoms with Crippen molar-refractivity contribution in [2.45, 2.75) is 19.1 Å². The molecule has 1 N–H and O–H groups in total. The van der Waals surface area contributed by atoms with Crippen LogP contribution >= 0.6 is 15.9 Å². The van der Waals surface area contributed by atoms with Gasteiger partial charge in [-0.05, 0) is 30.2 Å². The summed E-state index contributed by atoms with van der Waals surface area (Å²) in [6.45, 7) is 1.78. The minimum Gasteiger partial charge on any atom is -0.452 e. The molecule has 1 aromatic carbocycles. The molecule has 0 saturated carbocycles. The topological polar surface area (TPSA) is 46.5 Å². The fourth-order valence-electron chi connectivity index (χ4n) is 1.67. The lowest BCUT2D eigenvalue weighted by Gasteiger charge is -2.19. The molecular weight excluding hydrogens is 272 g/mol. The number of esters is 1. The van der Waals surface area contributed by atoms with Crippen molar-refractivity contribution >= 4 is 21.9 Å². The van der Waals surface area contributed by atoms with Crippen LogP contribution in [0.5, 0.6) is 0 Å². The van der Waals surface area contributed by atoms with Crippen LogP contribution in [0, 0.1) is 0 Å². The number of aliphatic hydroxyl groups is 1. The van der Waals surface area contributed by atoms with Gasteiger partial charge < -0.3 is 9.84 Å². The molecule has 1 aliphatic heterocycles. The van der Waals surface area contributed by atoms with Crippen LogP contribution in [0.1, 0.15) is 18.6 Å². The molecule has 3 nitrogen and oxygen atoms in total. The molecule has 0 spiro atoms. The van der Waals surface area contributed by atoms with Gasteiger partial charge >= 0.3 is 5.97 Å². The molecule has 0 aliphatic carbocycles. The largest absolute Gasteiger partial charge is 0.452 e. The summed E-state index contributed by atoms with van der Waals surface area (Å²) in [6, 6.07) is 7.28. The summed E-state index contributed by atoms with van der Waals surface area (Å²) in [6.07, 6.45) is 0.0386. The van der Waals surface area contributed by atoms with Gasteiger partial charge in [-0.1, -0.05) is 28.1 Å². The SMILES string of the molecule is CC1=CC(=O)O[C@@H]1[C@H](O)c1ccc(Br)cc1. The first-order chi connectivity index (χ1) is 7.58. The lowest BCUT2D eigenvalue weighted by Crippen LogP contribution is -2.20. The molecule has 0 saturated heterocycles. The minimum atomic E-state index is -0.809. The van der Waals surface area contributed by atoms with Crippen LogP contribution < -0.4 is 0 Å². The third-order valence-corrected chi connectivity index (χ3v) is 3.06. The molecule has 2 rings (SSSR count). The summed E-state index contributed by atoms with van der Waals surface area (Å²) >= 11 is 3.32. The first-order valence-electron chi connectivity index (χ1n) is 4.90. The number of halogens is 1. The van der Waals surface area contributed by atoms with Gasteiger partial charge in [-0.3, -0.25) is 0 Å². The van der Waals surface area contributed by atoms with E-state index in [1.54, 1.807) is 19.1 Å². The van der Waals surface area contributed by atoms with Gasteiger partial charge in [0.25, 0.3) is 0 Å². The molecular formula is C12H11BrO3. The van der Waals surface area contributed by atoms with Crippen molar-refractivity contribution in [1.29, 1.82) is 0 Å². The van der Waals surface area contributed by atoms with Crippen molar-refractivity contribution in [2.24, 2.45) is 0 Å². The summed E-state index contributed by atoms with van der Waals surface area (Å²) in [5.74, 6) is -0.390. The maximum atomic E-state index is 11.0. The zero-order valence-electron chi connectivity index (χ0n) is 8.68. The van der Waals surface area contributed by atoms with Crippen molar-refractivity contribution in [1.82, 2.24) is 0 Å². The number of carbonyl (C=O) groups excluding carboxylic acids is 1. The Morgan fingerprint density at radius 1 is 1.38 bits per heavy atom. The van der Waals surface area contributed by atoms with Gasteiger partial charge in [0.1, 0.15) is 6.10 Å². The van der Waals surface area contributed by atoms with Crippen LogP contribution in [0.2, 0.25) is 0 Å². The van der Waals surface area contributed by atoms with Crippen molar-refractivity contribution in [2.75, 3.05) is 0 Å². The number of hydrogen-bond acceptors (Lipinski definition) is 3. The monoisotopic (exact) mass is 282 g/mol. The number of ether oxygens (including phenoxy) is 1. The summed E-state index contributed by atoms with van der Waals surface area (Å²) in [5.41, 5.74) is 1.48. The second kappa shape index (κ2) is 4.39. The molecule has 2 atom stereocenters. The Bertz CT molecular complexity index is 436. The average Bonchev–Trinajstić information content (AvgIpc) is 2.58. The summed E-state index contributed by atoms with van der Waals surface area (Å²) in [5, 5.41) is 10.1. The molecule has 4 heteroatoms. The highest BCUT2D eigenvalue weighted by Gasteiger charge is 2.30. The molecule has 1 aliphatic rings. The van der Waals surface area contributed by atoms with Gasteiger partial charge in [-0.2, -0.15) is 0 Å². The fraction of sp³-hybridized carbons (Fsp3) is 0.250. The second-order valence-corrected chi connectivity index (χ2v) is 4.66. The minimum absolute atomic E-state index is 0.390. The Morgan fingerprint density at radius 3 is 2.50 bits per heavy atom. The molecule has 1 aromatic rings. The molecule has 0 bridgehead atoms. The van der Waals surface area contributed by atoms with E-state index in [-0.39, 0.29) is 0 Å². The number of rotatable bonds is 2. The van der Waals surface area contributed by atoms with E-state index in [1.807, 2.05) is 12.1 Å². The first-order valence-corrected chi connectivity index (χ1v) is 5.69. The molecule has 0 amide bonds. The molecule has 0 aromatic heterocycles. The number of hydrogen-bond donors (Lipinski definition) is 1. The van der Waals surface area contributed by atoms with E-state index in [1.165, 1.54) is 6.08 Å². The molecule has 1 heterocycles. The van der Waals surface area contributed by atoms with E-state index in [0.29, 0.717) is 0 Å². The molecule has 0 radical (unpaired) electrons. The quantitative estimate of drug-likeness (QED) is 0.847. The van der Waals surface area contributed by atoms with E-state index < -0.39 is 18.2 Å². The normalized spacial score (nSPS) is 21.6. The van der Waals surface area contributed by atoms with E-state index in [9.17, 15) is 9.90 Å². The highest BCUT2D eigenvalue weighted by atomic mass is 79.9. The Hall–Kier alpha value is -1.13. The molecule has 84 valence electrons. The standard InChI is InChI=1S/C12H11BrO3/c1-7-6-10(14)16-12(7)11(15)8-2-4-9(13)5-3-8/h2-6,11-12,15H,1H3/t11-,12+/m1/s1. The predicted molar refractivity (Wildman–Crippen MR) is 62.7 cm³/mol. The smallest absolute Gasteiger partial charge is 0.331 e. The average molecular weight is 283 g/mol. The fourth-order valence-corrected chi connectivity index (χ4v) is 1.93. The zero-order chi connectivity index (χ0) is 11.7. The number of cyclic esters (lactones) is 1. The van der Waals surface area contributed by atoms with Crippen LogP contribution in [0.3, 0.4) is 0 Å². The van der Waals surface area contributed by atoms with Gasteiger partial charge in [-0.15, -0.1) is 0 Å². The molecule has 0 unspecified atom stereocenters. The third kappa shape index (κ3) is 2.18. The van der Waals surface area contributed by atoms with E-state index in [2.05, 4.69) is 15.9 Å². The van der Waals surface area contributed by atoms with Gasteiger partial charge in [0.2, 0.25) is 0 Å². The highest BCUT2D eigenvalue weighted by molar-refractivity contribution is 9.10. The second-order valence-electron chi connectivity index (χ2n) is 3.74. The maximum Gasteiger partial charge on any atom is 0.331 e. The van der Waals surface area contributed by atoms with Crippen LogP contribution in [0.15, 0.2) is 40.4 Å². The highest BCUT2D eigenvalue weighted by Crippen LogP contribution is 2.28. The van der Waals surface area contributed by atoms with Gasteiger partial charge in [0.15, 0.2) is 6.10 Å². The Labute approximate surface area is 102 Å². The Balaban J connectivity index is 2.20. The lowest BCUT2D eigenvalue weighted by molar-refractivity contribution is -0.143. The van der Waals surface area contributed by atoms with Crippen LogP contribution in [-0.2, 0) is 9.53 Å². The van der Waals surface area contributed by atoms with Gasteiger partial charge in [0.05, 0.1) is 0 Å². The van der Waals surface area contributed by atoms with Crippen molar-refractivity contribution in [3.8, 4) is 0 Å². The van der Waals surface area contributed by atoms with Crippen LogP contribution in [0.4, 0.5) is 0 Å². The molecule has 0 fully saturated rings. The van der Waals surface area contributed by atoms with Crippen molar-refractivity contribution < 1.29 is 14.6 Å².